The van der Waals surface area contributed by atoms with Gasteiger partial charge in [-0.3, -0.25) is 9.69 Å². The molecule has 29 heavy (non-hydrogen) atoms. The van der Waals surface area contributed by atoms with Gasteiger partial charge in [0.1, 0.15) is 0 Å². The van der Waals surface area contributed by atoms with E-state index in [0.717, 1.165) is 5.56 Å². The van der Waals surface area contributed by atoms with Crippen LogP contribution in [-0.4, -0.2) is 46.0 Å². The molecule has 0 atom stereocenters. The molecule has 0 spiro atoms. The van der Waals surface area contributed by atoms with Gasteiger partial charge in [0.25, 0.3) is 0 Å². The molecule has 0 radical (unpaired) electrons. The van der Waals surface area contributed by atoms with Gasteiger partial charge in [0.05, 0.1) is 25.2 Å². The molecular formula is C20H27N3O5S. The Morgan fingerprint density at radius 3 is 2.52 bits per heavy atom. The van der Waals surface area contributed by atoms with E-state index in [1.807, 2.05) is 36.9 Å². The molecule has 0 heterocycles. The summed E-state index contributed by atoms with van der Waals surface area (Å²) in [6.07, 6.45) is 0. The number of primary sulfonamides is 1. The van der Waals surface area contributed by atoms with E-state index in [-0.39, 0.29) is 17.3 Å². The number of likely N-dealkylation sites (N-methyl/N-ethyl adjacent to an activating group) is 1. The molecule has 0 bridgehead atoms. The van der Waals surface area contributed by atoms with Crippen molar-refractivity contribution in [3.63, 3.8) is 0 Å². The molecular weight excluding hydrogens is 394 g/mol. The first-order valence-corrected chi connectivity index (χ1v) is 10.8. The molecule has 8 nitrogen and oxygen atoms in total. The lowest BCUT2D eigenvalue weighted by atomic mass is 10.2. The molecule has 1 amide bonds. The highest BCUT2D eigenvalue weighted by Gasteiger charge is 2.14. The van der Waals surface area contributed by atoms with Crippen LogP contribution in [0.25, 0.3) is 0 Å². The largest absolute Gasteiger partial charge is 0.493 e. The normalized spacial score (nSPS) is 11.3. The molecule has 2 aromatic rings. The topological polar surface area (TPSA) is 111 Å². The maximum absolute atomic E-state index is 12.4. The quantitative estimate of drug-likeness (QED) is 0.608. The van der Waals surface area contributed by atoms with Crippen molar-refractivity contribution in [3.05, 3.63) is 48.0 Å². The summed E-state index contributed by atoms with van der Waals surface area (Å²) in [6.45, 7) is 5.75. The maximum Gasteiger partial charge on any atom is 0.238 e. The number of ether oxygens (including phenoxy) is 2. The average Bonchev–Trinajstić information content (AvgIpc) is 2.68. The number of benzene rings is 2. The Labute approximate surface area is 171 Å². The molecule has 9 heteroatoms. The van der Waals surface area contributed by atoms with E-state index in [1.165, 1.54) is 18.2 Å². The number of nitrogens with two attached hydrogens (primary N) is 1. The molecule has 2 rings (SSSR count). The van der Waals surface area contributed by atoms with Crippen molar-refractivity contribution in [2.75, 3.05) is 32.1 Å². The number of hydrogen-bond acceptors (Lipinski definition) is 6. The van der Waals surface area contributed by atoms with E-state index < -0.39 is 10.0 Å². The summed E-state index contributed by atoms with van der Waals surface area (Å²) >= 11 is 0. The van der Waals surface area contributed by atoms with E-state index in [9.17, 15) is 13.2 Å². The standard InChI is InChI=1S/C20H27N3O5S/c1-4-23(13-15-9-10-18(28-5-2)19(11-15)27-3)14-20(24)22-16-7-6-8-17(12-16)29(21,25)26/h6-12H,4-5,13-14H2,1-3H3,(H,22,24)(H2,21,25,26). The lowest BCUT2D eigenvalue weighted by Gasteiger charge is -2.21. The Balaban J connectivity index is 2.03. The first-order valence-electron chi connectivity index (χ1n) is 9.21. The zero-order chi connectivity index (χ0) is 21.4. The van der Waals surface area contributed by atoms with Crippen LogP contribution in [-0.2, 0) is 21.4 Å². The van der Waals surface area contributed by atoms with Crippen LogP contribution >= 0.6 is 0 Å². The highest BCUT2D eigenvalue weighted by Crippen LogP contribution is 2.28. The molecule has 3 N–H and O–H groups in total. The van der Waals surface area contributed by atoms with Crippen molar-refractivity contribution in [2.24, 2.45) is 5.14 Å². The van der Waals surface area contributed by atoms with Gasteiger partial charge in [-0.05, 0) is 49.4 Å². The van der Waals surface area contributed by atoms with Crippen LogP contribution in [0, 0.1) is 0 Å². The number of hydrogen-bond donors (Lipinski definition) is 2. The van der Waals surface area contributed by atoms with E-state index in [2.05, 4.69) is 5.32 Å². The molecule has 0 unspecified atom stereocenters. The number of nitrogens with one attached hydrogen (secondary N) is 1. The summed E-state index contributed by atoms with van der Waals surface area (Å²) in [6, 6.07) is 11.5. The fourth-order valence-electron chi connectivity index (χ4n) is 2.78. The summed E-state index contributed by atoms with van der Waals surface area (Å²) in [5, 5.41) is 7.84. The minimum Gasteiger partial charge on any atom is -0.493 e. The van der Waals surface area contributed by atoms with Gasteiger partial charge in [-0.25, -0.2) is 13.6 Å². The number of amides is 1. The van der Waals surface area contributed by atoms with Gasteiger partial charge in [0.15, 0.2) is 11.5 Å². The Bertz CT molecular complexity index is 947. The van der Waals surface area contributed by atoms with E-state index in [1.54, 1.807) is 13.2 Å². The molecule has 0 aromatic heterocycles. The van der Waals surface area contributed by atoms with Gasteiger partial charge in [0, 0.05) is 12.2 Å². The van der Waals surface area contributed by atoms with Crippen molar-refractivity contribution in [2.45, 2.75) is 25.3 Å². The zero-order valence-corrected chi connectivity index (χ0v) is 17.7. The Hall–Kier alpha value is -2.62. The van der Waals surface area contributed by atoms with Gasteiger partial charge in [-0.1, -0.05) is 19.1 Å². The molecule has 0 saturated carbocycles. The summed E-state index contributed by atoms with van der Waals surface area (Å²) in [4.78, 5) is 14.3. The van der Waals surface area contributed by atoms with Crippen LogP contribution in [0.1, 0.15) is 19.4 Å². The summed E-state index contributed by atoms with van der Waals surface area (Å²) in [7, 11) is -2.24. The zero-order valence-electron chi connectivity index (χ0n) is 16.8. The molecule has 0 aliphatic carbocycles. The number of carbonyl (C=O) groups is 1. The molecule has 2 aromatic carbocycles. The van der Waals surface area contributed by atoms with Crippen LogP contribution in [0.5, 0.6) is 11.5 Å². The summed E-state index contributed by atoms with van der Waals surface area (Å²) < 4.78 is 33.8. The monoisotopic (exact) mass is 421 g/mol. The Morgan fingerprint density at radius 1 is 1.14 bits per heavy atom. The van der Waals surface area contributed by atoms with Crippen molar-refractivity contribution in [3.8, 4) is 11.5 Å². The van der Waals surface area contributed by atoms with Gasteiger partial charge >= 0.3 is 0 Å². The van der Waals surface area contributed by atoms with Gasteiger partial charge in [0.2, 0.25) is 15.9 Å². The second kappa shape index (κ2) is 10.2. The van der Waals surface area contributed by atoms with E-state index >= 15 is 0 Å². The minimum atomic E-state index is -3.83. The van der Waals surface area contributed by atoms with E-state index in [0.29, 0.717) is 36.9 Å². The van der Waals surface area contributed by atoms with Crippen LogP contribution < -0.4 is 19.9 Å². The summed E-state index contributed by atoms with van der Waals surface area (Å²) in [5.41, 5.74) is 1.36. The van der Waals surface area contributed by atoms with Gasteiger partial charge in [-0.2, -0.15) is 0 Å². The van der Waals surface area contributed by atoms with Crippen molar-refractivity contribution >= 4 is 21.6 Å². The smallest absolute Gasteiger partial charge is 0.238 e. The molecule has 0 fully saturated rings. The second-order valence-electron chi connectivity index (χ2n) is 6.34. The second-order valence-corrected chi connectivity index (χ2v) is 7.90. The fraction of sp³-hybridized carbons (Fsp3) is 0.350. The average molecular weight is 422 g/mol. The van der Waals surface area contributed by atoms with Gasteiger partial charge in [-0.15, -0.1) is 0 Å². The molecule has 0 saturated heterocycles. The van der Waals surface area contributed by atoms with Crippen LogP contribution in [0.3, 0.4) is 0 Å². The number of sulfonamides is 1. The highest BCUT2D eigenvalue weighted by atomic mass is 32.2. The van der Waals surface area contributed by atoms with Crippen LogP contribution in [0.4, 0.5) is 5.69 Å². The number of methoxy groups -OCH3 is 1. The predicted octanol–water partition coefficient (Wildman–Crippen LogP) is 2.20. The number of anilines is 1. The van der Waals surface area contributed by atoms with Crippen LogP contribution in [0.15, 0.2) is 47.4 Å². The van der Waals surface area contributed by atoms with E-state index in [4.69, 9.17) is 14.6 Å². The molecule has 158 valence electrons. The fourth-order valence-corrected chi connectivity index (χ4v) is 3.34. The van der Waals surface area contributed by atoms with Crippen LogP contribution in [0.2, 0.25) is 0 Å². The lowest BCUT2D eigenvalue weighted by Crippen LogP contribution is -2.32. The van der Waals surface area contributed by atoms with Crippen molar-refractivity contribution in [1.29, 1.82) is 0 Å². The first kappa shape index (κ1) is 22.7. The first-order chi connectivity index (χ1) is 13.8. The minimum absolute atomic E-state index is 0.0517. The molecule has 0 aliphatic rings. The highest BCUT2D eigenvalue weighted by molar-refractivity contribution is 7.89. The van der Waals surface area contributed by atoms with Crippen molar-refractivity contribution in [1.82, 2.24) is 4.90 Å². The third kappa shape index (κ3) is 6.74. The number of carbonyl (C=O) groups excluding carboxylic acids is 1. The third-order valence-corrected chi connectivity index (χ3v) is 5.11. The molecule has 0 aliphatic heterocycles. The Morgan fingerprint density at radius 2 is 1.90 bits per heavy atom. The third-order valence-electron chi connectivity index (χ3n) is 4.19. The predicted molar refractivity (Wildman–Crippen MR) is 112 cm³/mol. The summed E-state index contributed by atoms with van der Waals surface area (Å²) in [5.74, 6) is 1.07. The maximum atomic E-state index is 12.4. The lowest BCUT2D eigenvalue weighted by molar-refractivity contribution is -0.117. The van der Waals surface area contributed by atoms with Gasteiger partial charge < -0.3 is 14.8 Å². The number of rotatable bonds is 10. The Kier molecular flexibility index (Phi) is 8.00. The van der Waals surface area contributed by atoms with Crippen molar-refractivity contribution < 1.29 is 22.7 Å². The number of nitrogens with zero attached hydrogens (tertiary/aromatic N) is 1. The SMILES string of the molecule is CCOc1ccc(CN(CC)CC(=O)Nc2cccc(S(N)(=O)=O)c2)cc1OC.